The number of halogens is 1. The molecule has 1 unspecified atom stereocenters. The van der Waals surface area contributed by atoms with Gasteiger partial charge in [0.25, 0.3) is 0 Å². The summed E-state index contributed by atoms with van der Waals surface area (Å²) in [5, 5.41) is 3.18. The number of methoxy groups -OCH3 is 1. The third-order valence-corrected chi connectivity index (χ3v) is 3.92. The molecule has 0 bridgehead atoms. The van der Waals surface area contributed by atoms with Crippen molar-refractivity contribution in [2.75, 3.05) is 25.7 Å². The van der Waals surface area contributed by atoms with E-state index in [9.17, 15) is 8.42 Å². The molecule has 0 saturated carbocycles. The smallest absolute Gasteiger partial charge is 0.149 e. The van der Waals surface area contributed by atoms with E-state index in [2.05, 4.69) is 21.2 Å². The fraction of sp³-hybridized carbons (Fsp3) is 0.500. The standard InChI is InChI=1S/C12H18BrNO3S/c1-4-14-11(8-18(3,15)16)10-7-9(13)5-6-12(10)17-2/h5-7,11,14H,4,8H2,1-3H3. The maximum absolute atomic E-state index is 11.5. The second-order valence-corrected chi connectivity index (χ2v) is 7.19. The molecule has 1 aromatic carbocycles. The monoisotopic (exact) mass is 335 g/mol. The lowest BCUT2D eigenvalue weighted by molar-refractivity contribution is 0.402. The second-order valence-electron chi connectivity index (χ2n) is 4.09. The third-order valence-electron chi connectivity index (χ3n) is 2.49. The average molecular weight is 336 g/mol. The second kappa shape index (κ2) is 6.54. The van der Waals surface area contributed by atoms with Crippen LogP contribution in [0.2, 0.25) is 0 Å². The fourth-order valence-corrected chi connectivity index (χ4v) is 3.07. The lowest BCUT2D eigenvalue weighted by Gasteiger charge is -2.20. The SMILES string of the molecule is CCNC(CS(C)(=O)=O)c1cc(Br)ccc1OC. The van der Waals surface area contributed by atoms with E-state index in [1.54, 1.807) is 7.11 Å². The van der Waals surface area contributed by atoms with Crippen LogP contribution in [-0.2, 0) is 9.84 Å². The van der Waals surface area contributed by atoms with E-state index >= 15 is 0 Å². The van der Waals surface area contributed by atoms with E-state index < -0.39 is 9.84 Å². The number of benzene rings is 1. The molecule has 0 aliphatic rings. The van der Waals surface area contributed by atoms with E-state index in [4.69, 9.17) is 4.74 Å². The summed E-state index contributed by atoms with van der Waals surface area (Å²) in [5.74, 6) is 0.737. The van der Waals surface area contributed by atoms with E-state index in [0.29, 0.717) is 12.3 Å². The summed E-state index contributed by atoms with van der Waals surface area (Å²) in [6, 6.07) is 5.31. The fourth-order valence-electron chi connectivity index (χ4n) is 1.79. The van der Waals surface area contributed by atoms with Crippen LogP contribution in [0.3, 0.4) is 0 Å². The number of hydrogen-bond donors (Lipinski definition) is 1. The minimum Gasteiger partial charge on any atom is -0.496 e. The summed E-state index contributed by atoms with van der Waals surface area (Å²) in [7, 11) is -1.49. The molecule has 0 aromatic heterocycles. The van der Waals surface area contributed by atoms with Crippen molar-refractivity contribution in [2.45, 2.75) is 13.0 Å². The molecule has 102 valence electrons. The zero-order valence-electron chi connectivity index (χ0n) is 10.7. The Hall–Kier alpha value is -0.590. The molecule has 6 heteroatoms. The molecule has 1 N–H and O–H groups in total. The highest BCUT2D eigenvalue weighted by Crippen LogP contribution is 2.29. The van der Waals surface area contributed by atoms with Crippen LogP contribution >= 0.6 is 15.9 Å². The summed E-state index contributed by atoms with van der Waals surface area (Å²) >= 11 is 3.39. The van der Waals surface area contributed by atoms with Crippen LogP contribution in [0.4, 0.5) is 0 Å². The molecule has 18 heavy (non-hydrogen) atoms. The molecule has 0 fully saturated rings. The zero-order valence-corrected chi connectivity index (χ0v) is 13.1. The van der Waals surface area contributed by atoms with Gasteiger partial charge >= 0.3 is 0 Å². The first-order valence-corrected chi connectivity index (χ1v) is 8.47. The first-order chi connectivity index (χ1) is 8.37. The van der Waals surface area contributed by atoms with Gasteiger partial charge in [0.05, 0.1) is 12.9 Å². The average Bonchev–Trinajstić information content (AvgIpc) is 2.26. The molecule has 0 aliphatic heterocycles. The Kier molecular flexibility index (Phi) is 5.62. The highest BCUT2D eigenvalue weighted by molar-refractivity contribution is 9.10. The van der Waals surface area contributed by atoms with Crippen molar-refractivity contribution in [3.05, 3.63) is 28.2 Å². The van der Waals surface area contributed by atoms with Gasteiger partial charge in [0.15, 0.2) is 0 Å². The maximum Gasteiger partial charge on any atom is 0.149 e. The van der Waals surface area contributed by atoms with Crippen LogP contribution in [0.15, 0.2) is 22.7 Å². The molecule has 4 nitrogen and oxygen atoms in total. The lowest BCUT2D eigenvalue weighted by Crippen LogP contribution is -2.28. The summed E-state index contributed by atoms with van der Waals surface area (Å²) in [6.07, 6.45) is 1.24. The molecule has 1 atom stereocenters. The van der Waals surface area contributed by atoms with Gasteiger partial charge in [-0.25, -0.2) is 8.42 Å². The zero-order chi connectivity index (χ0) is 13.8. The van der Waals surface area contributed by atoms with E-state index in [0.717, 1.165) is 10.0 Å². The van der Waals surface area contributed by atoms with Crippen molar-refractivity contribution >= 4 is 25.8 Å². The van der Waals surface area contributed by atoms with Crippen LogP contribution < -0.4 is 10.1 Å². The Morgan fingerprint density at radius 3 is 2.61 bits per heavy atom. The summed E-state index contributed by atoms with van der Waals surface area (Å²) < 4.78 is 29.1. The van der Waals surface area contributed by atoms with Crippen molar-refractivity contribution in [3.63, 3.8) is 0 Å². The van der Waals surface area contributed by atoms with Crippen molar-refractivity contribution in [1.82, 2.24) is 5.32 Å². The van der Waals surface area contributed by atoms with Gasteiger partial charge < -0.3 is 10.1 Å². The Morgan fingerprint density at radius 2 is 2.11 bits per heavy atom. The summed E-state index contributed by atoms with van der Waals surface area (Å²) in [6.45, 7) is 2.63. The number of rotatable bonds is 6. The molecule has 0 heterocycles. The summed E-state index contributed by atoms with van der Waals surface area (Å²) in [5.41, 5.74) is 0.846. The predicted octanol–water partition coefficient (Wildman–Crippen LogP) is 2.15. The third kappa shape index (κ3) is 4.59. The maximum atomic E-state index is 11.5. The Morgan fingerprint density at radius 1 is 1.44 bits per heavy atom. The van der Waals surface area contributed by atoms with Gasteiger partial charge in [0.1, 0.15) is 15.6 Å². The van der Waals surface area contributed by atoms with Crippen molar-refractivity contribution in [2.24, 2.45) is 0 Å². The molecule has 1 rings (SSSR count). The first-order valence-electron chi connectivity index (χ1n) is 5.62. The van der Waals surface area contributed by atoms with Gasteiger partial charge in [-0.05, 0) is 24.7 Å². The molecule has 0 spiro atoms. The summed E-state index contributed by atoms with van der Waals surface area (Å²) in [4.78, 5) is 0. The quantitative estimate of drug-likeness (QED) is 0.865. The highest BCUT2D eigenvalue weighted by atomic mass is 79.9. The largest absolute Gasteiger partial charge is 0.496 e. The van der Waals surface area contributed by atoms with Crippen LogP contribution in [0.1, 0.15) is 18.5 Å². The first kappa shape index (κ1) is 15.5. The van der Waals surface area contributed by atoms with Gasteiger partial charge in [-0.3, -0.25) is 0 Å². The van der Waals surface area contributed by atoms with Crippen LogP contribution in [0.5, 0.6) is 5.75 Å². The normalized spacial score (nSPS) is 13.3. The molecule has 0 amide bonds. The van der Waals surface area contributed by atoms with Gasteiger partial charge in [-0.1, -0.05) is 22.9 Å². The Labute approximate surface area is 117 Å². The van der Waals surface area contributed by atoms with Gasteiger partial charge in [0.2, 0.25) is 0 Å². The predicted molar refractivity (Wildman–Crippen MR) is 76.8 cm³/mol. The Bertz CT molecular complexity index is 502. The van der Waals surface area contributed by atoms with Crippen LogP contribution in [0.25, 0.3) is 0 Å². The minimum absolute atomic E-state index is 0.0493. The lowest BCUT2D eigenvalue weighted by atomic mass is 10.1. The van der Waals surface area contributed by atoms with Crippen molar-refractivity contribution in [1.29, 1.82) is 0 Å². The van der Waals surface area contributed by atoms with Crippen molar-refractivity contribution in [3.8, 4) is 5.75 Å². The molecular weight excluding hydrogens is 318 g/mol. The number of hydrogen-bond acceptors (Lipinski definition) is 4. The van der Waals surface area contributed by atoms with Gasteiger partial charge in [0, 0.05) is 22.3 Å². The minimum atomic E-state index is -3.06. The van der Waals surface area contributed by atoms with E-state index in [-0.39, 0.29) is 11.8 Å². The van der Waals surface area contributed by atoms with Crippen LogP contribution in [0, 0.1) is 0 Å². The molecule has 0 saturated heterocycles. The number of nitrogens with one attached hydrogen (secondary N) is 1. The number of ether oxygens (including phenoxy) is 1. The molecular formula is C12H18BrNO3S. The van der Waals surface area contributed by atoms with Gasteiger partial charge in [-0.15, -0.1) is 0 Å². The van der Waals surface area contributed by atoms with Crippen LogP contribution in [-0.4, -0.2) is 34.1 Å². The topological polar surface area (TPSA) is 55.4 Å². The number of sulfone groups is 1. The highest BCUT2D eigenvalue weighted by Gasteiger charge is 2.20. The molecule has 0 radical (unpaired) electrons. The Balaban J connectivity index is 3.15. The van der Waals surface area contributed by atoms with E-state index in [1.165, 1.54) is 6.26 Å². The van der Waals surface area contributed by atoms with E-state index in [1.807, 2.05) is 25.1 Å². The van der Waals surface area contributed by atoms with Gasteiger partial charge in [-0.2, -0.15) is 0 Å². The molecule has 1 aromatic rings. The van der Waals surface area contributed by atoms with Crippen molar-refractivity contribution < 1.29 is 13.2 Å². The molecule has 0 aliphatic carbocycles.